The number of anilines is 1. The lowest BCUT2D eigenvalue weighted by Crippen LogP contribution is -2.45. The molecule has 0 radical (unpaired) electrons. The maximum Gasteiger partial charge on any atom is 0.406 e. The number of carbonyl (C=O) groups excluding carboxylic acids is 1. The Bertz CT molecular complexity index is 1590. The molecule has 2 saturated heterocycles. The molecule has 2 fully saturated rings. The van der Waals surface area contributed by atoms with Crippen molar-refractivity contribution in [2.75, 3.05) is 31.6 Å². The van der Waals surface area contributed by atoms with Crippen LogP contribution in [0.5, 0.6) is 0 Å². The van der Waals surface area contributed by atoms with E-state index in [1.807, 2.05) is 10.8 Å². The van der Waals surface area contributed by atoms with Gasteiger partial charge in [-0.05, 0) is 57.0 Å². The second-order valence-corrected chi connectivity index (χ2v) is 11.3. The number of hydrogen-bond acceptors (Lipinski definition) is 7. The number of amides is 1. The summed E-state index contributed by atoms with van der Waals surface area (Å²) in [7, 11) is 0. The first-order valence-electron chi connectivity index (χ1n) is 14.3. The fourth-order valence-electron chi connectivity index (χ4n) is 5.75. The average molecular weight is 604 g/mol. The first-order valence-corrected chi connectivity index (χ1v) is 14.3. The maximum absolute atomic E-state index is 14.5. The number of nitrogens with one attached hydrogen (secondary N) is 3. The number of halogens is 4. The summed E-state index contributed by atoms with van der Waals surface area (Å²) < 4.78 is 69.4. The molecule has 0 unspecified atom stereocenters. The van der Waals surface area contributed by atoms with Gasteiger partial charge in [-0.25, -0.2) is 4.39 Å². The van der Waals surface area contributed by atoms with Gasteiger partial charge in [0.2, 0.25) is 11.7 Å². The first kappa shape index (κ1) is 29.2. The number of carbonyl (C=O) groups is 1. The zero-order valence-corrected chi connectivity index (χ0v) is 23.6. The third-order valence-corrected chi connectivity index (χ3v) is 8.28. The van der Waals surface area contributed by atoms with Gasteiger partial charge in [0.05, 0.1) is 29.4 Å². The highest BCUT2D eigenvalue weighted by molar-refractivity contribution is 5.96. The molecule has 2 aliphatic rings. The molecule has 0 spiro atoms. The van der Waals surface area contributed by atoms with E-state index >= 15 is 0 Å². The summed E-state index contributed by atoms with van der Waals surface area (Å²) in [6, 6.07) is 7.71. The summed E-state index contributed by atoms with van der Waals surface area (Å²) in [5.74, 6) is -0.365. The highest BCUT2D eigenvalue weighted by Crippen LogP contribution is 2.35. The molecule has 43 heavy (non-hydrogen) atoms. The Hall–Kier alpha value is -3.91. The molecule has 10 nitrogen and oxygen atoms in total. The number of rotatable bonds is 8. The van der Waals surface area contributed by atoms with E-state index in [2.05, 4.69) is 33.0 Å². The largest absolute Gasteiger partial charge is 0.406 e. The van der Waals surface area contributed by atoms with Gasteiger partial charge in [0.25, 0.3) is 5.91 Å². The SMILES string of the molecule is CC1(n2ccc(C(=O)NCc3nc(-c4cc5c(N[C@@H]6CCNC[C@@H]6F)cccc5n4CC(F)(F)F)no3)c2)CCOCC1. The van der Waals surface area contributed by atoms with Crippen LogP contribution in [0.1, 0.15) is 42.4 Å². The lowest BCUT2D eigenvalue weighted by molar-refractivity contribution is -0.139. The quantitative estimate of drug-likeness (QED) is 0.252. The van der Waals surface area contributed by atoms with Gasteiger partial charge in [-0.2, -0.15) is 18.2 Å². The third kappa shape index (κ3) is 6.25. The fourth-order valence-corrected chi connectivity index (χ4v) is 5.75. The van der Waals surface area contributed by atoms with Crippen molar-refractivity contribution in [1.82, 2.24) is 29.9 Å². The fraction of sp³-hybridized carbons (Fsp3) is 0.483. The Morgan fingerprint density at radius 1 is 1.23 bits per heavy atom. The number of hydrogen-bond donors (Lipinski definition) is 3. The molecule has 4 aromatic rings. The number of ether oxygens (including phenoxy) is 1. The smallest absolute Gasteiger partial charge is 0.381 e. The molecule has 14 heteroatoms. The van der Waals surface area contributed by atoms with E-state index in [0.29, 0.717) is 48.3 Å². The van der Waals surface area contributed by atoms with Crippen molar-refractivity contribution in [3.05, 3.63) is 54.2 Å². The van der Waals surface area contributed by atoms with Crippen molar-refractivity contribution >= 4 is 22.5 Å². The van der Waals surface area contributed by atoms with Gasteiger partial charge in [0.15, 0.2) is 0 Å². The molecule has 0 saturated carbocycles. The van der Waals surface area contributed by atoms with E-state index in [-0.39, 0.29) is 41.9 Å². The maximum atomic E-state index is 14.5. The summed E-state index contributed by atoms with van der Waals surface area (Å²) in [6.07, 6.45) is 0.200. The lowest BCUT2D eigenvalue weighted by atomic mass is 9.92. The van der Waals surface area contributed by atoms with Crippen LogP contribution in [0.4, 0.5) is 23.2 Å². The molecule has 0 aliphatic carbocycles. The number of piperidine rings is 1. The van der Waals surface area contributed by atoms with Gasteiger partial charge in [-0.3, -0.25) is 4.79 Å². The normalized spacial score (nSPS) is 20.8. The monoisotopic (exact) mass is 603 g/mol. The average Bonchev–Trinajstić information content (AvgIpc) is 3.73. The highest BCUT2D eigenvalue weighted by Gasteiger charge is 2.32. The summed E-state index contributed by atoms with van der Waals surface area (Å²) in [6.45, 7) is 2.89. The van der Waals surface area contributed by atoms with E-state index < -0.39 is 24.9 Å². The number of nitrogens with zero attached hydrogens (tertiary/aromatic N) is 4. The van der Waals surface area contributed by atoms with Crippen molar-refractivity contribution in [3.63, 3.8) is 0 Å². The number of fused-ring (bicyclic) bond motifs is 1. The topological polar surface area (TPSA) is 111 Å². The van der Waals surface area contributed by atoms with E-state index in [4.69, 9.17) is 9.26 Å². The molecular formula is C29H33F4N7O3. The van der Waals surface area contributed by atoms with E-state index in [9.17, 15) is 22.4 Å². The molecule has 1 amide bonds. The molecule has 230 valence electrons. The van der Waals surface area contributed by atoms with Crippen molar-refractivity contribution in [1.29, 1.82) is 0 Å². The minimum absolute atomic E-state index is 0.0383. The van der Waals surface area contributed by atoms with Crippen LogP contribution in [0.25, 0.3) is 22.4 Å². The Kier molecular flexibility index (Phi) is 7.90. The van der Waals surface area contributed by atoms with Gasteiger partial charge in [-0.15, -0.1) is 0 Å². The zero-order valence-electron chi connectivity index (χ0n) is 23.6. The Labute approximate surface area is 244 Å². The van der Waals surface area contributed by atoms with Crippen LogP contribution < -0.4 is 16.0 Å². The van der Waals surface area contributed by atoms with Crippen molar-refractivity contribution in [3.8, 4) is 11.5 Å². The van der Waals surface area contributed by atoms with Crippen molar-refractivity contribution in [2.24, 2.45) is 0 Å². The zero-order chi connectivity index (χ0) is 30.2. The van der Waals surface area contributed by atoms with Crippen LogP contribution in [0.15, 0.2) is 47.2 Å². The third-order valence-electron chi connectivity index (χ3n) is 8.28. The highest BCUT2D eigenvalue weighted by atomic mass is 19.4. The van der Waals surface area contributed by atoms with Crippen LogP contribution in [0.3, 0.4) is 0 Å². The number of alkyl halides is 4. The standard InChI is InChI=1S/C29H33F4N7O3/c1-28(7-11-42-12-8-28)39-10-6-18(16-39)27(41)35-15-25-37-26(38-43-25)24-13-19-21(36-22-5-9-34-14-20(22)30)3-2-4-23(19)40(24)17-29(31,32)33/h2-4,6,10,13,16,20,22,34,36H,5,7-9,11-12,14-15,17H2,1H3,(H,35,41)/t20-,22+/m0/s1. The van der Waals surface area contributed by atoms with E-state index in [0.717, 1.165) is 17.4 Å². The number of aromatic nitrogens is 4. The van der Waals surface area contributed by atoms with Crippen LogP contribution in [0.2, 0.25) is 0 Å². The van der Waals surface area contributed by atoms with E-state index in [1.54, 1.807) is 36.5 Å². The van der Waals surface area contributed by atoms with E-state index in [1.165, 1.54) is 0 Å². The molecule has 6 rings (SSSR count). The Morgan fingerprint density at radius 2 is 2.05 bits per heavy atom. The summed E-state index contributed by atoms with van der Waals surface area (Å²) in [5, 5.41) is 13.3. The molecule has 2 atom stereocenters. The summed E-state index contributed by atoms with van der Waals surface area (Å²) >= 11 is 0. The van der Waals surface area contributed by atoms with Crippen molar-refractivity contribution in [2.45, 2.75) is 63.2 Å². The van der Waals surface area contributed by atoms with Crippen molar-refractivity contribution < 1.29 is 31.6 Å². The number of benzene rings is 1. The first-order chi connectivity index (χ1) is 20.6. The van der Waals surface area contributed by atoms with Gasteiger partial charge < -0.3 is 34.3 Å². The van der Waals surface area contributed by atoms with Gasteiger partial charge in [-0.1, -0.05) is 11.2 Å². The minimum Gasteiger partial charge on any atom is -0.381 e. The van der Waals surface area contributed by atoms with Crippen LogP contribution in [-0.2, 0) is 23.4 Å². The second kappa shape index (κ2) is 11.6. The van der Waals surface area contributed by atoms with Gasteiger partial charge >= 0.3 is 6.18 Å². The molecule has 0 bridgehead atoms. The molecule has 5 heterocycles. The molecule has 3 aromatic heterocycles. The molecule has 3 N–H and O–H groups in total. The molecule has 2 aliphatic heterocycles. The Balaban J connectivity index is 1.21. The van der Waals surface area contributed by atoms with Crippen LogP contribution >= 0.6 is 0 Å². The minimum atomic E-state index is -4.53. The Morgan fingerprint density at radius 3 is 2.81 bits per heavy atom. The predicted octanol–water partition coefficient (Wildman–Crippen LogP) is 4.62. The van der Waals surface area contributed by atoms with Crippen LogP contribution in [0, 0.1) is 0 Å². The lowest BCUT2D eigenvalue weighted by Gasteiger charge is -2.35. The summed E-state index contributed by atoms with van der Waals surface area (Å²) in [4.78, 5) is 17.1. The van der Waals surface area contributed by atoms with Crippen LogP contribution in [-0.4, -0.2) is 69.9 Å². The molecular weight excluding hydrogens is 570 g/mol. The van der Waals surface area contributed by atoms with Gasteiger partial charge in [0, 0.05) is 48.8 Å². The second-order valence-electron chi connectivity index (χ2n) is 11.3. The predicted molar refractivity (Wildman–Crippen MR) is 150 cm³/mol. The molecule has 1 aromatic carbocycles. The van der Waals surface area contributed by atoms with Gasteiger partial charge in [0.1, 0.15) is 12.7 Å². The summed E-state index contributed by atoms with van der Waals surface area (Å²) in [5.41, 5.74) is 1.23.